The molecule has 1 unspecified atom stereocenters. The molecule has 4 nitrogen and oxygen atoms in total. The fourth-order valence-corrected chi connectivity index (χ4v) is 2.49. The minimum Gasteiger partial charge on any atom is -0.481 e. The minimum atomic E-state index is -0.817. The monoisotopic (exact) mass is 345 g/mol. The molecule has 0 saturated carbocycles. The summed E-state index contributed by atoms with van der Waals surface area (Å²) in [5.41, 5.74) is 0.628. The predicted molar refractivity (Wildman–Crippen MR) is 70.8 cm³/mol. The third-order valence-corrected chi connectivity index (χ3v) is 3.57. The average Bonchev–Trinajstić information content (AvgIpc) is 2.77. The lowest BCUT2D eigenvalue weighted by Crippen LogP contribution is -2.29. The second kappa shape index (κ2) is 5.03. The van der Waals surface area contributed by atoms with Crippen LogP contribution in [0.5, 0.6) is 0 Å². The summed E-state index contributed by atoms with van der Waals surface area (Å²) in [6, 6.07) is 7.33. The number of nitrogens with zero attached hydrogens (tertiary/aromatic N) is 1. The van der Waals surface area contributed by atoms with Crippen molar-refractivity contribution < 1.29 is 14.7 Å². The Morgan fingerprint density at radius 2 is 2.18 bits per heavy atom. The number of aliphatic carboxylic acids is 1. The number of carboxylic acids is 1. The smallest absolute Gasteiger partial charge is 0.308 e. The van der Waals surface area contributed by atoms with Crippen LogP contribution in [0, 0.1) is 9.49 Å². The number of likely N-dealkylation sites (tertiary alicyclic amines) is 1. The van der Waals surface area contributed by atoms with Crippen molar-refractivity contribution in [3.05, 3.63) is 33.4 Å². The molecule has 0 aliphatic carbocycles. The zero-order valence-electron chi connectivity index (χ0n) is 9.10. The topological polar surface area (TPSA) is 57.6 Å². The molecule has 0 radical (unpaired) electrons. The lowest BCUT2D eigenvalue weighted by Gasteiger charge is -2.15. The van der Waals surface area contributed by atoms with E-state index in [2.05, 4.69) is 22.6 Å². The molecule has 0 spiro atoms. The van der Waals surface area contributed by atoms with Gasteiger partial charge >= 0.3 is 5.97 Å². The third kappa shape index (κ3) is 2.77. The van der Waals surface area contributed by atoms with Crippen LogP contribution < -0.4 is 0 Å². The van der Waals surface area contributed by atoms with Gasteiger partial charge in [-0.2, -0.15) is 0 Å². The number of rotatable bonds is 2. The van der Waals surface area contributed by atoms with Gasteiger partial charge in [-0.05, 0) is 47.2 Å². The second-order valence-corrected chi connectivity index (χ2v) is 5.33. The molecule has 0 bridgehead atoms. The van der Waals surface area contributed by atoms with Gasteiger partial charge in [0, 0.05) is 22.2 Å². The van der Waals surface area contributed by atoms with Gasteiger partial charge < -0.3 is 10.0 Å². The van der Waals surface area contributed by atoms with Gasteiger partial charge in [-0.1, -0.05) is 6.07 Å². The lowest BCUT2D eigenvalue weighted by atomic mass is 10.1. The number of hydrogen-bond acceptors (Lipinski definition) is 2. The molecule has 1 aliphatic heterocycles. The van der Waals surface area contributed by atoms with E-state index in [0.717, 1.165) is 3.57 Å². The van der Waals surface area contributed by atoms with Crippen LogP contribution in [-0.4, -0.2) is 35.0 Å². The highest BCUT2D eigenvalue weighted by molar-refractivity contribution is 14.1. The van der Waals surface area contributed by atoms with Gasteiger partial charge in [0.2, 0.25) is 0 Å². The Labute approximate surface area is 113 Å². The van der Waals surface area contributed by atoms with E-state index < -0.39 is 11.9 Å². The van der Waals surface area contributed by atoms with Gasteiger partial charge in [0.25, 0.3) is 5.91 Å². The van der Waals surface area contributed by atoms with Crippen LogP contribution in [0.2, 0.25) is 0 Å². The molecule has 17 heavy (non-hydrogen) atoms. The van der Waals surface area contributed by atoms with Crippen molar-refractivity contribution in [2.45, 2.75) is 6.42 Å². The maximum Gasteiger partial charge on any atom is 0.308 e. The predicted octanol–water partition coefficient (Wildman–Crippen LogP) is 1.84. The molecule has 0 aromatic heterocycles. The number of carboxylic acid groups (broad SMARTS) is 1. The van der Waals surface area contributed by atoms with E-state index in [0.29, 0.717) is 25.1 Å². The normalized spacial score (nSPS) is 19.4. The summed E-state index contributed by atoms with van der Waals surface area (Å²) >= 11 is 2.15. The molecule has 1 aromatic carbocycles. The highest BCUT2D eigenvalue weighted by Gasteiger charge is 2.31. The first-order valence-electron chi connectivity index (χ1n) is 5.35. The summed E-state index contributed by atoms with van der Waals surface area (Å²) in [5, 5.41) is 8.89. The van der Waals surface area contributed by atoms with Gasteiger partial charge in [0.15, 0.2) is 0 Å². The standard InChI is InChI=1S/C12H12INO3/c13-10-3-1-2-8(6-10)11(15)14-5-4-9(7-14)12(16)17/h1-3,6,9H,4-5,7H2,(H,16,17). The first kappa shape index (κ1) is 12.3. The Balaban J connectivity index is 2.09. The first-order chi connectivity index (χ1) is 8.08. The van der Waals surface area contributed by atoms with E-state index in [9.17, 15) is 9.59 Å². The largest absolute Gasteiger partial charge is 0.481 e. The molecule has 1 aromatic rings. The van der Waals surface area contributed by atoms with Gasteiger partial charge in [-0.15, -0.1) is 0 Å². The quantitative estimate of drug-likeness (QED) is 0.833. The van der Waals surface area contributed by atoms with Gasteiger partial charge in [0.05, 0.1) is 5.92 Å². The number of hydrogen-bond donors (Lipinski definition) is 1. The second-order valence-electron chi connectivity index (χ2n) is 4.09. The van der Waals surface area contributed by atoms with Crippen molar-refractivity contribution in [3.63, 3.8) is 0 Å². The summed E-state index contributed by atoms with van der Waals surface area (Å²) in [5.74, 6) is -1.31. The Morgan fingerprint density at radius 1 is 1.41 bits per heavy atom. The van der Waals surface area contributed by atoms with E-state index in [-0.39, 0.29) is 5.91 Å². The Morgan fingerprint density at radius 3 is 2.76 bits per heavy atom. The van der Waals surface area contributed by atoms with Crippen LogP contribution in [0.4, 0.5) is 0 Å². The summed E-state index contributed by atoms with van der Waals surface area (Å²) in [6.45, 7) is 0.848. The molecule has 1 atom stereocenters. The summed E-state index contributed by atoms with van der Waals surface area (Å²) in [4.78, 5) is 24.5. The average molecular weight is 345 g/mol. The van der Waals surface area contributed by atoms with Crippen LogP contribution in [0.25, 0.3) is 0 Å². The fraction of sp³-hybridized carbons (Fsp3) is 0.333. The van der Waals surface area contributed by atoms with Crippen molar-refractivity contribution >= 4 is 34.5 Å². The Hall–Kier alpha value is -1.11. The molecule has 5 heteroatoms. The van der Waals surface area contributed by atoms with E-state index in [1.54, 1.807) is 11.0 Å². The highest BCUT2D eigenvalue weighted by atomic mass is 127. The first-order valence-corrected chi connectivity index (χ1v) is 6.43. The van der Waals surface area contributed by atoms with Crippen molar-refractivity contribution in [3.8, 4) is 0 Å². The zero-order chi connectivity index (χ0) is 12.4. The molecule has 1 N–H and O–H groups in total. The molecule has 1 fully saturated rings. The van der Waals surface area contributed by atoms with E-state index >= 15 is 0 Å². The minimum absolute atomic E-state index is 0.0766. The summed E-state index contributed by atoms with van der Waals surface area (Å²) in [7, 11) is 0. The number of amides is 1. The summed E-state index contributed by atoms with van der Waals surface area (Å²) < 4.78 is 1.00. The molecule has 1 aliphatic rings. The van der Waals surface area contributed by atoms with E-state index in [4.69, 9.17) is 5.11 Å². The molecule has 1 saturated heterocycles. The van der Waals surface area contributed by atoms with Crippen molar-refractivity contribution in [2.75, 3.05) is 13.1 Å². The number of halogens is 1. The van der Waals surface area contributed by atoms with E-state index in [1.165, 1.54) is 0 Å². The molecule has 90 valence electrons. The molecule has 1 heterocycles. The van der Waals surface area contributed by atoms with Crippen molar-refractivity contribution in [2.24, 2.45) is 5.92 Å². The third-order valence-electron chi connectivity index (χ3n) is 2.90. The van der Waals surface area contributed by atoms with Crippen LogP contribution in [-0.2, 0) is 4.79 Å². The van der Waals surface area contributed by atoms with Crippen LogP contribution in [0.15, 0.2) is 24.3 Å². The van der Waals surface area contributed by atoms with Gasteiger partial charge in [-0.3, -0.25) is 9.59 Å². The molecule has 2 rings (SSSR count). The van der Waals surface area contributed by atoms with Crippen LogP contribution in [0.3, 0.4) is 0 Å². The lowest BCUT2D eigenvalue weighted by molar-refractivity contribution is -0.141. The van der Waals surface area contributed by atoms with Crippen molar-refractivity contribution in [1.82, 2.24) is 4.90 Å². The Bertz CT molecular complexity index is 461. The SMILES string of the molecule is O=C(O)C1CCN(C(=O)c2cccc(I)c2)C1. The maximum absolute atomic E-state index is 12.1. The number of benzene rings is 1. The fourth-order valence-electron chi connectivity index (χ4n) is 1.95. The zero-order valence-corrected chi connectivity index (χ0v) is 11.3. The molecular formula is C12H12INO3. The van der Waals surface area contributed by atoms with Gasteiger partial charge in [-0.25, -0.2) is 0 Å². The number of carbonyl (C=O) groups is 2. The molecule has 1 amide bonds. The highest BCUT2D eigenvalue weighted by Crippen LogP contribution is 2.19. The summed E-state index contributed by atoms with van der Waals surface area (Å²) in [6.07, 6.45) is 0.547. The van der Waals surface area contributed by atoms with Crippen molar-refractivity contribution in [1.29, 1.82) is 0 Å². The van der Waals surface area contributed by atoms with Gasteiger partial charge in [0.1, 0.15) is 0 Å². The van der Waals surface area contributed by atoms with E-state index in [1.807, 2.05) is 18.2 Å². The number of carbonyl (C=O) groups excluding carboxylic acids is 1. The van der Waals surface area contributed by atoms with Crippen LogP contribution in [0.1, 0.15) is 16.8 Å². The van der Waals surface area contributed by atoms with Crippen LogP contribution >= 0.6 is 22.6 Å². The maximum atomic E-state index is 12.1. The molecular weight excluding hydrogens is 333 g/mol. The Kier molecular flexibility index (Phi) is 3.66.